The highest BCUT2D eigenvalue weighted by molar-refractivity contribution is 5.76. The van der Waals surface area contributed by atoms with Crippen molar-refractivity contribution in [3.05, 3.63) is 47.7 Å². The van der Waals surface area contributed by atoms with Crippen LogP contribution in [0.1, 0.15) is 30.6 Å². The Balaban J connectivity index is 1.28. The maximum Gasteiger partial charge on any atom is 0.220 e. The monoisotopic (exact) mass is 325 g/mol. The first kappa shape index (κ1) is 15.5. The molecule has 1 amide bonds. The van der Waals surface area contributed by atoms with Crippen molar-refractivity contribution in [3.8, 4) is 11.3 Å². The lowest BCUT2D eigenvalue weighted by Gasteiger charge is -2.39. The van der Waals surface area contributed by atoms with Crippen LogP contribution >= 0.6 is 0 Å². The van der Waals surface area contributed by atoms with Crippen molar-refractivity contribution in [1.29, 1.82) is 0 Å². The molecule has 1 aromatic carbocycles. The molecule has 0 unspecified atom stereocenters. The number of rotatable bonds is 5. The first-order valence-corrected chi connectivity index (χ1v) is 8.76. The summed E-state index contributed by atoms with van der Waals surface area (Å²) in [6, 6.07) is 12.5. The molecular weight excluding hydrogens is 302 g/mol. The van der Waals surface area contributed by atoms with Crippen LogP contribution in [0.25, 0.3) is 11.3 Å². The third-order valence-corrected chi connectivity index (χ3v) is 5.21. The maximum atomic E-state index is 12.1. The van der Waals surface area contributed by atoms with Gasteiger partial charge in [0.15, 0.2) is 0 Å². The van der Waals surface area contributed by atoms with E-state index in [0.717, 1.165) is 36.5 Å². The standard InChI is InChI=1S/C20H23NO3/c1-13-2-4-14(5-3-13)18-8-6-15(24-18)7-9-20(22)21-17-12-19-16(17)10-11-23-19/h2-6,8,16-17,19H,7,9-12H2,1H3,(H,21,22)/t16-,17+,19+/m0/s1. The van der Waals surface area contributed by atoms with E-state index in [9.17, 15) is 4.79 Å². The first-order valence-electron chi connectivity index (χ1n) is 8.76. The number of ether oxygens (including phenoxy) is 1. The van der Waals surface area contributed by atoms with Gasteiger partial charge in [-0.3, -0.25) is 4.79 Å². The summed E-state index contributed by atoms with van der Waals surface area (Å²) in [4.78, 5) is 12.1. The van der Waals surface area contributed by atoms with Crippen molar-refractivity contribution < 1.29 is 13.9 Å². The Morgan fingerprint density at radius 2 is 2.04 bits per heavy atom. The minimum Gasteiger partial charge on any atom is -0.461 e. The maximum absolute atomic E-state index is 12.1. The summed E-state index contributed by atoms with van der Waals surface area (Å²) in [5.41, 5.74) is 2.30. The van der Waals surface area contributed by atoms with Crippen LogP contribution in [0.5, 0.6) is 0 Å². The molecule has 1 aliphatic heterocycles. The van der Waals surface area contributed by atoms with E-state index in [1.165, 1.54) is 5.56 Å². The number of amides is 1. The fraction of sp³-hybridized carbons (Fsp3) is 0.450. The summed E-state index contributed by atoms with van der Waals surface area (Å²) in [6.07, 6.45) is 3.53. The molecule has 0 spiro atoms. The van der Waals surface area contributed by atoms with Crippen LogP contribution in [0.4, 0.5) is 0 Å². The summed E-state index contributed by atoms with van der Waals surface area (Å²) >= 11 is 0. The summed E-state index contributed by atoms with van der Waals surface area (Å²) in [5.74, 6) is 2.36. The third kappa shape index (κ3) is 3.11. The number of nitrogens with one attached hydrogen (secondary N) is 1. The van der Waals surface area contributed by atoms with Gasteiger partial charge in [0.1, 0.15) is 11.5 Å². The van der Waals surface area contributed by atoms with Gasteiger partial charge < -0.3 is 14.5 Å². The molecule has 4 nitrogen and oxygen atoms in total. The van der Waals surface area contributed by atoms with Gasteiger partial charge in [-0.25, -0.2) is 0 Å². The van der Waals surface area contributed by atoms with Crippen molar-refractivity contribution >= 4 is 5.91 Å². The van der Waals surface area contributed by atoms with Crippen LogP contribution in [0, 0.1) is 12.8 Å². The average Bonchev–Trinajstić information content (AvgIpc) is 3.18. The predicted molar refractivity (Wildman–Crippen MR) is 91.6 cm³/mol. The van der Waals surface area contributed by atoms with Gasteiger partial charge >= 0.3 is 0 Å². The minimum absolute atomic E-state index is 0.110. The van der Waals surface area contributed by atoms with Gasteiger partial charge in [0, 0.05) is 37.0 Å². The Morgan fingerprint density at radius 3 is 2.83 bits per heavy atom. The molecule has 1 N–H and O–H groups in total. The number of hydrogen-bond acceptors (Lipinski definition) is 3. The fourth-order valence-corrected chi connectivity index (χ4v) is 3.66. The Bertz CT molecular complexity index is 719. The number of benzene rings is 1. The molecular formula is C20H23NO3. The van der Waals surface area contributed by atoms with Crippen LogP contribution in [-0.4, -0.2) is 24.7 Å². The Kier molecular flexibility index (Phi) is 4.15. The number of carbonyl (C=O) groups is 1. The second-order valence-corrected chi connectivity index (χ2v) is 6.90. The Hall–Kier alpha value is -2.07. The van der Waals surface area contributed by atoms with E-state index in [-0.39, 0.29) is 5.91 Å². The topological polar surface area (TPSA) is 51.5 Å². The van der Waals surface area contributed by atoms with Gasteiger partial charge in [-0.1, -0.05) is 29.8 Å². The molecule has 1 saturated carbocycles. The van der Waals surface area contributed by atoms with E-state index < -0.39 is 0 Å². The first-order chi connectivity index (χ1) is 11.7. The summed E-state index contributed by atoms with van der Waals surface area (Å²) in [7, 11) is 0. The quantitative estimate of drug-likeness (QED) is 0.915. The molecule has 0 radical (unpaired) electrons. The van der Waals surface area contributed by atoms with Crippen LogP contribution in [0.15, 0.2) is 40.8 Å². The molecule has 1 aromatic heterocycles. The summed E-state index contributed by atoms with van der Waals surface area (Å²) in [5, 5.41) is 3.14. The SMILES string of the molecule is Cc1ccc(-c2ccc(CCC(=O)N[C@@H]3C[C@H]4OCC[C@@H]34)o2)cc1. The number of hydrogen-bond donors (Lipinski definition) is 1. The fourth-order valence-electron chi connectivity index (χ4n) is 3.66. The predicted octanol–water partition coefficient (Wildman–Crippen LogP) is 3.48. The van der Waals surface area contributed by atoms with E-state index in [0.29, 0.717) is 30.9 Å². The molecule has 24 heavy (non-hydrogen) atoms. The van der Waals surface area contributed by atoms with E-state index >= 15 is 0 Å². The second-order valence-electron chi connectivity index (χ2n) is 6.90. The van der Waals surface area contributed by atoms with Gasteiger partial charge in [-0.05, 0) is 31.9 Å². The smallest absolute Gasteiger partial charge is 0.220 e. The van der Waals surface area contributed by atoms with Gasteiger partial charge in [0.2, 0.25) is 5.91 Å². The average molecular weight is 325 g/mol. The number of carbonyl (C=O) groups excluding carboxylic acids is 1. The van der Waals surface area contributed by atoms with Crippen LogP contribution in [0.3, 0.4) is 0 Å². The zero-order valence-corrected chi connectivity index (χ0v) is 14.0. The van der Waals surface area contributed by atoms with E-state index in [1.807, 2.05) is 12.1 Å². The molecule has 1 saturated heterocycles. The molecule has 4 rings (SSSR count). The van der Waals surface area contributed by atoms with Crippen molar-refractivity contribution in [1.82, 2.24) is 5.32 Å². The van der Waals surface area contributed by atoms with E-state index in [1.54, 1.807) is 0 Å². The zero-order chi connectivity index (χ0) is 16.5. The second kappa shape index (κ2) is 6.44. The van der Waals surface area contributed by atoms with Crippen molar-refractivity contribution in [2.45, 2.75) is 44.8 Å². The van der Waals surface area contributed by atoms with Crippen LogP contribution in [-0.2, 0) is 16.0 Å². The molecule has 3 atom stereocenters. The number of aryl methyl sites for hydroxylation is 2. The molecule has 1 aliphatic carbocycles. The molecule has 4 heteroatoms. The lowest BCUT2D eigenvalue weighted by molar-refractivity contribution is -0.124. The van der Waals surface area contributed by atoms with Gasteiger partial charge in [0.25, 0.3) is 0 Å². The lowest BCUT2D eigenvalue weighted by Crippen LogP contribution is -2.53. The highest BCUT2D eigenvalue weighted by atomic mass is 16.5. The summed E-state index contributed by atoms with van der Waals surface area (Å²) in [6.45, 7) is 2.91. The number of fused-ring (bicyclic) bond motifs is 1. The normalized spacial score (nSPS) is 25.1. The molecule has 2 aromatic rings. The van der Waals surface area contributed by atoms with Crippen molar-refractivity contribution in [2.24, 2.45) is 5.92 Å². The van der Waals surface area contributed by atoms with Gasteiger partial charge in [0.05, 0.1) is 6.10 Å². The highest BCUT2D eigenvalue weighted by Gasteiger charge is 2.45. The zero-order valence-electron chi connectivity index (χ0n) is 14.0. The van der Waals surface area contributed by atoms with E-state index in [2.05, 4.69) is 36.5 Å². The number of furan rings is 1. The summed E-state index contributed by atoms with van der Waals surface area (Å²) < 4.78 is 11.5. The van der Waals surface area contributed by atoms with Gasteiger partial charge in [-0.2, -0.15) is 0 Å². The minimum atomic E-state index is 0.110. The molecule has 0 bridgehead atoms. The van der Waals surface area contributed by atoms with Crippen molar-refractivity contribution in [2.75, 3.05) is 6.61 Å². The third-order valence-electron chi connectivity index (χ3n) is 5.21. The Labute approximate surface area is 142 Å². The molecule has 2 heterocycles. The largest absolute Gasteiger partial charge is 0.461 e. The molecule has 2 fully saturated rings. The van der Waals surface area contributed by atoms with Crippen LogP contribution < -0.4 is 5.32 Å². The molecule has 2 aliphatic rings. The van der Waals surface area contributed by atoms with Crippen LogP contribution in [0.2, 0.25) is 0 Å². The van der Waals surface area contributed by atoms with Gasteiger partial charge in [-0.15, -0.1) is 0 Å². The molecule has 126 valence electrons. The van der Waals surface area contributed by atoms with E-state index in [4.69, 9.17) is 9.15 Å². The Morgan fingerprint density at radius 1 is 1.21 bits per heavy atom. The highest BCUT2D eigenvalue weighted by Crippen LogP contribution is 2.38. The lowest BCUT2D eigenvalue weighted by atomic mass is 9.76. The van der Waals surface area contributed by atoms with Crippen molar-refractivity contribution in [3.63, 3.8) is 0 Å².